The summed E-state index contributed by atoms with van der Waals surface area (Å²) in [4.78, 5) is 4.71. The average molecular weight is 201 g/mol. The highest BCUT2D eigenvalue weighted by atomic mass is 14.8. The van der Waals surface area contributed by atoms with Crippen molar-refractivity contribution in [2.45, 2.75) is 45.4 Å². The summed E-state index contributed by atoms with van der Waals surface area (Å²) in [5.41, 5.74) is 4.15. The minimum Gasteiger partial charge on any atom is -0.257 e. The molecule has 0 amide bonds. The maximum absolute atomic E-state index is 4.71. The normalized spacial score (nSPS) is 23.8. The van der Waals surface area contributed by atoms with E-state index in [2.05, 4.69) is 45.0 Å². The van der Waals surface area contributed by atoms with Crippen LogP contribution in [0, 0.1) is 0 Å². The fraction of sp³-hybridized carbons (Fsp3) is 0.500. The molecule has 0 saturated heterocycles. The molecule has 0 saturated carbocycles. The van der Waals surface area contributed by atoms with Crippen molar-refractivity contribution >= 4 is 11.4 Å². The third kappa shape index (κ3) is 1.41. The van der Waals surface area contributed by atoms with Crippen molar-refractivity contribution in [1.82, 2.24) is 0 Å². The van der Waals surface area contributed by atoms with Crippen molar-refractivity contribution < 1.29 is 0 Å². The smallest absolute Gasteiger partial charge is 0.0670 e. The molecule has 1 heterocycles. The maximum Gasteiger partial charge on any atom is 0.0670 e. The van der Waals surface area contributed by atoms with Gasteiger partial charge < -0.3 is 0 Å². The van der Waals surface area contributed by atoms with Gasteiger partial charge in [0.15, 0.2) is 0 Å². The lowest BCUT2D eigenvalue weighted by atomic mass is 9.72. The average Bonchev–Trinajstić information content (AvgIpc) is 2.53. The first-order valence-corrected chi connectivity index (χ1v) is 5.90. The SMILES string of the molecule is CCCC1(CC)C(C)=Nc2ccccc21. The quantitative estimate of drug-likeness (QED) is 0.693. The van der Waals surface area contributed by atoms with Gasteiger partial charge in [0.2, 0.25) is 0 Å². The van der Waals surface area contributed by atoms with E-state index in [1.54, 1.807) is 0 Å². The number of benzene rings is 1. The van der Waals surface area contributed by atoms with Crippen molar-refractivity contribution in [2.75, 3.05) is 0 Å². The first kappa shape index (κ1) is 10.4. The van der Waals surface area contributed by atoms with Crippen molar-refractivity contribution in [3.05, 3.63) is 29.8 Å². The van der Waals surface area contributed by atoms with Crippen molar-refractivity contribution in [3.63, 3.8) is 0 Å². The molecule has 0 fully saturated rings. The molecule has 1 nitrogen and oxygen atoms in total. The van der Waals surface area contributed by atoms with E-state index in [4.69, 9.17) is 4.99 Å². The van der Waals surface area contributed by atoms with Gasteiger partial charge in [-0.2, -0.15) is 0 Å². The molecule has 1 heteroatoms. The van der Waals surface area contributed by atoms with E-state index in [0.29, 0.717) is 0 Å². The van der Waals surface area contributed by atoms with Gasteiger partial charge in [0.25, 0.3) is 0 Å². The molecule has 2 rings (SSSR count). The summed E-state index contributed by atoms with van der Waals surface area (Å²) in [6, 6.07) is 8.58. The predicted molar refractivity (Wildman–Crippen MR) is 66.1 cm³/mol. The second-order valence-corrected chi connectivity index (χ2v) is 4.40. The highest BCUT2D eigenvalue weighted by Gasteiger charge is 2.38. The molecule has 1 unspecified atom stereocenters. The minimum absolute atomic E-state index is 0.228. The minimum atomic E-state index is 0.228. The first-order valence-electron chi connectivity index (χ1n) is 5.90. The molecule has 0 aliphatic carbocycles. The zero-order valence-electron chi connectivity index (χ0n) is 9.88. The van der Waals surface area contributed by atoms with E-state index in [1.165, 1.54) is 29.8 Å². The number of hydrogen-bond acceptors (Lipinski definition) is 1. The summed E-state index contributed by atoms with van der Waals surface area (Å²) in [6.07, 6.45) is 3.60. The maximum atomic E-state index is 4.71. The van der Waals surface area contributed by atoms with Crippen LogP contribution >= 0.6 is 0 Å². The van der Waals surface area contributed by atoms with Crippen LogP contribution in [-0.2, 0) is 5.41 Å². The van der Waals surface area contributed by atoms with Crippen molar-refractivity contribution in [2.24, 2.45) is 4.99 Å². The molecule has 1 aromatic rings. The fourth-order valence-corrected chi connectivity index (χ4v) is 2.82. The summed E-state index contributed by atoms with van der Waals surface area (Å²) in [6.45, 7) is 6.71. The molecule has 0 radical (unpaired) electrons. The van der Waals surface area contributed by atoms with E-state index < -0.39 is 0 Å². The van der Waals surface area contributed by atoms with Crippen LogP contribution in [0.5, 0.6) is 0 Å². The van der Waals surface area contributed by atoms with Crippen molar-refractivity contribution in [3.8, 4) is 0 Å². The number of para-hydroxylation sites is 1. The molecule has 0 aromatic heterocycles. The van der Waals surface area contributed by atoms with Crippen LogP contribution in [0.3, 0.4) is 0 Å². The number of aliphatic imine (C=N–C) groups is 1. The Labute approximate surface area is 92.2 Å². The van der Waals surface area contributed by atoms with Gasteiger partial charge in [0.1, 0.15) is 0 Å². The Morgan fingerprint density at radius 3 is 2.60 bits per heavy atom. The van der Waals surface area contributed by atoms with E-state index in [9.17, 15) is 0 Å². The van der Waals surface area contributed by atoms with E-state index in [-0.39, 0.29) is 5.41 Å². The Hall–Kier alpha value is -1.11. The van der Waals surface area contributed by atoms with Gasteiger partial charge in [0.05, 0.1) is 5.69 Å². The van der Waals surface area contributed by atoms with Crippen LogP contribution in [0.15, 0.2) is 29.3 Å². The lowest BCUT2D eigenvalue weighted by molar-refractivity contribution is 0.508. The van der Waals surface area contributed by atoms with Crippen LogP contribution in [-0.4, -0.2) is 5.71 Å². The molecule has 15 heavy (non-hydrogen) atoms. The van der Waals surface area contributed by atoms with Gasteiger partial charge in [0, 0.05) is 11.1 Å². The Morgan fingerprint density at radius 2 is 1.93 bits per heavy atom. The summed E-state index contributed by atoms with van der Waals surface area (Å²) in [5, 5.41) is 0. The molecule has 0 bridgehead atoms. The van der Waals surface area contributed by atoms with Gasteiger partial charge in [-0.3, -0.25) is 4.99 Å². The molecular weight excluding hydrogens is 182 g/mol. The summed E-state index contributed by atoms with van der Waals surface area (Å²) in [5.74, 6) is 0. The summed E-state index contributed by atoms with van der Waals surface area (Å²) < 4.78 is 0. The van der Waals surface area contributed by atoms with Gasteiger partial charge in [-0.1, -0.05) is 38.5 Å². The highest BCUT2D eigenvalue weighted by molar-refractivity contribution is 6.00. The zero-order valence-corrected chi connectivity index (χ0v) is 9.88. The Bertz CT molecular complexity index is 392. The summed E-state index contributed by atoms with van der Waals surface area (Å²) >= 11 is 0. The molecule has 80 valence electrons. The first-order chi connectivity index (χ1) is 7.24. The Balaban J connectivity index is 2.53. The Morgan fingerprint density at radius 1 is 1.20 bits per heavy atom. The third-order valence-corrected chi connectivity index (χ3v) is 3.68. The van der Waals surface area contributed by atoms with Gasteiger partial charge >= 0.3 is 0 Å². The molecule has 1 aromatic carbocycles. The van der Waals surface area contributed by atoms with Gasteiger partial charge in [-0.15, -0.1) is 0 Å². The van der Waals surface area contributed by atoms with E-state index in [1.807, 2.05) is 0 Å². The van der Waals surface area contributed by atoms with Crippen LogP contribution in [0.25, 0.3) is 0 Å². The lowest BCUT2D eigenvalue weighted by Crippen LogP contribution is -2.30. The van der Waals surface area contributed by atoms with Crippen LogP contribution < -0.4 is 0 Å². The topological polar surface area (TPSA) is 12.4 Å². The highest BCUT2D eigenvalue weighted by Crippen LogP contribution is 2.45. The van der Waals surface area contributed by atoms with Gasteiger partial charge in [-0.25, -0.2) is 0 Å². The van der Waals surface area contributed by atoms with Crippen LogP contribution in [0.1, 0.15) is 45.6 Å². The standard InChI is InChI=1S/C14H19N/c1-4-10-14(5-2)11(3)15-13-9-7-6-8-12(13)14/h6-9H,4-5,10H2,1-3H3. The van der Waals surface area contributed by atoms with E-state index in [0.717, 1.165) is 6.42 Å². The predicted octanol–water partition coefficient (Wildman–Crippen LogP) is 4.24. The molecule has 0 spiro atoms. The fourth-order valence-electron chi connectivity index (χ4n) is 2.82. The monoisotopic (exact) mass is 201 g/mol. The van der Waals surface area contributed by atoms with Crippen LogP contribution in [0.2, 0.25) is 0 Å². The number of nitrogens with zero attached hydrogens (tertiary/aromatic N) is 1. The number of fused-ring (bicyclic) bond motifs is 1. The largest absolute Gasteiger partial charge is 0.257 e. The van der Waals surface area contributed by atoms with Crippen LogP contribution in [0.4, 0.5) is 5.69 Å². The number of rotatable bonds is 3. The molecule has 1 aliphatic heterocycles. The second kappa shape index (κ2) is 3.80. The Kier molecular flexibility index (Phi) is 2.64. The lowest BCUT2D eigenvalue weighted by Gasteiger charge is -2.29. The second-order valence-electron chi connectivity index (χ2n) is 4.40. The molecular formula is C14H19N. The molecule has 1 atom stereocenters. The number of hydrogen-bond donors (Lipinski definition) is 0. The molecule has 0 N–H and O–H groups in total. The third-order valence-electron chi connectivity index (χ3n) is 3.68. The van der Waals surface area contributed by atoms with Gasteiger partial charge in [-0.05, 0) is 31.4 Å². The zero-order chi connectivity index (χ0) is 10.9. The molecule has 1 aliphatic rings. The van der Waals surface area contributed by atoms with Crippen molar-refractivity contribution in [1.29, 1.82) is 0 Å². The van der Waals surface area contributed by atoms with E-state index >= 15 is 0 Å². The summed E-state index contributed by atoms with van der Waals surface area (Å²) in [7, 11) is 0.